The van der Waals surface area contributed by atoms with E-state index in [0.717, 1.165) is 12.1 Å². The van der Waals surface area contributed by atoms with Gasteiger partial charge in [0.1, 0.15) is 44.0 Å². The van der Waals surface area contributed by atoms with Gasteiger partial charge >= 0.3 is 37.7 Å². The molecule has 0 aliphatic carbocycles. The van der Waals surface area contributed by atoms with Crippen LogP contribution in [0.3, 0.4) is 0 Å². The summed E-state index contributed by atoms with van der Waals surface area (Å²) < 4.78 is 77.8. The number of amides is 1. The minimum atomic E-state index is -4.69. The van der Waals surface area contributed by atoms with E-state index in [4.69, 9.17) is 32.7 Å². The number of aliphatic imine (C=N–C) groups is 1. The van der Waals surface area contributed by atoms with Crippen molar-refractivity contribution in [3.63, 3.8) is 0 Å². The quantitative estimate of drug-likeness (QED) is 0.0260. The van der Waals surface area contributed by atoms with Crippen LogP contribution in [-0.2, 0) is 20.2 Å². The van der Waals surface area contributed by atoms with Gasteiger partial charge in [-0.3, -0.25) is 18.9 Å². The van der Waals surface area contributed by atoms with Gasteiger partial charge in [0.2, 0.25) is 0 Å². The van der Waals surface area contributed by atoms with Gasteiger partial charge < -0.3 is 30.1 Å². The molecule has 23 heteroatoms. The Morgan fingerprint density at radius 1 is 0.613 bits per heavy atom. The first-order valence-corrected chi connectivity index (χ1v) is 25.7. The number of azo groups is 2. The van der Waals surface area contributed by atoms with Crippen LogP contribution >= 0.6 is 23.2 Å². The summed E-state index contributed by atoms with van der Waals surface area (Å²) in [7, 11) is -9.36. The molecule has 75 heavy (non-hydrogen) atoms. The summed E-state index contributed by atoms with van der Waals surface area (Å²) in [5.74, 6) is -1.78. The minimum absolute atomic E-state index is 0. The number of para-hydroxylation sites is 4. The summed E-state index contributed by atoms with van der Waals surface area (Å²) in [6, 6.07) is 34.9. The molecular weight excluding hydrogens is 1080 g/mol. The number of rotatable bonds is 14. The van der Waals surface area contributed by atoms with Crippen molar-refractivity contribution < 1.29 is 55.5 Å². The third-order valence-corrected chi connectivity index (χ3v) is 13.4. The van der Waals surface area contributed by atoms with Crippen LogP contribution in [0.5, 0.6) is 23.0 Å². The molecule has 0 atom stereocenters. The summed E-state index contributed by atoms with van der Waals surface area (Å²) in [4.78, 5) is 16.2. The Bertz CT molecular complexity index is 3830. The first kappa shape index (κ1) is 57.6. The van der Waals surface area contributed by atoms with Gasteiger partial charge in [-0.1, -0.05) is 102 Å². The van der Waals surface area contributed by atoms with E-state index in [1.807, 2.05) is 6.92 Å². The third-order valence-electron chi connectivity index (χ3n) is 10.8. The van der Waals surface area contributed by atoms with Crippen LogP contribution < -0.4 is 25.0 Å². The fourth-order valence-electron chi connectivity index (χ4n) is 7.27. The molecule has 8 aromatic rings. The van der Waals surface area contributed by atoms with Gasteiger partial charge in [0.15, 0.2) is 5.75 Å². The van der Waals surface area contributed by atoms with E-state index in [1.54, 1.807) is 118 Å². The third kappa shape index (κ3) is 13.6. The van der Waals surface area contributed by atoms with E-state index in [0.29, 0.717) is 63.1 Å². The van der Waals surface area contributed by atoms with Crippen molar-refractivity contribution in [2.45, 2.75) is 37.5 Å². The van der Waals surface area contributed by atoms with E-state index in [1.165, 1.54) is 24.3 Å². The molecular formula is C52H42CaCl2N6O12S2. The molecule has 8 rings (SSSR count). The normalized spacial score (nSPS) is 11.9. The maximum absolute atomic E-state index is 13.4. The number of phenolic OH excluding ortho intramolecular Hbond substituents is 1. The summed E-state index contributed by atoms with van der Waals surface area (Å²) in [5, 5.41) is 58.6. The smallest absolute Gasteiger partial charge is 0.871 e. The standard InChI is InChI=1S/2C26H22ClN3O6S.Ca/c2*1-3-36-22-11-7-6-10-20(22)28-26(32)18-13-16-8-4-5-9-17(16)24(25(18)31)30-29-21-12-15(2)19(27)14-23(21)37(33,34)35;/h2*4-14,31H,3H2,1-2H3,(H,28,32)(H,33,34,35);/q;;+2/p-2. The van der Waals surface area contributed by atoms with Crippen molar-refractivity contribution in [3.8, 4) is 23.0 Å². The zero-order chi connectivity index (χ0) is 53.5. The number of aryl methyl sites for hydroxylation is 2. The number of nitrogens with zero attached hydrogens (tertiary/aromatic N) is 5. The predicted octanol–water partition coefficient (Wildman–Crippen LogP) is 11.8. The van der Waals surface area contributed by atoms with Crippen molar-refractivity contribution >= 4 is 149 Å². The number of fused-ring (bicyclic) bond motifs is 2. The van der Waals surface area contributed by atoms with Crippen LogP contribution in [-0.4, -0.2) is 93.8 Å². The van der Waals surface area contributed by atoms with E-state index in [2.05, 4.69) is 30.8 Å². The Hall–Kier alpha value is -6.72. The van der Waals surface area contributed by atoms with Crippen LogP contribution in [0.25, 0.3) is 21.5 Å². The number of halogens is 2. The maximum Gasteiger partial charge on any atom is 2.00 e. The number of carbonyl (C=O) groups is 1. The first-order chi connectivity index (χ1) is 35.2. The molecule has 0 bridgehead atoms. The molecule has 0 unspecified atom stereocenters. The number of carbonyl (C=O) groups excluding carboxylic acids is 1. The van der Waals surface area contributed by atoms with Crippen molar-refractivity contribution in [1.82, 2.24) is 0 Å². The first-order valence-electron chi connectivity index (χ1n) is 22.1. The SMILES string of the molecule is CCOc1ccccc1N=C([O-])c1cc2ccccc2c(N=Nc2cc(C)c(Cl)cc2S(=O)(=O)O)c1[O-].CCOc1ccccc1NC(=O)c1cc2ccccc2c(N=Nc2cc(C)c(Cl)cc2S(=O)(=O)O)c1O.[Ca+2]. The zero-order valence-electron chi connectivity index (χ0n) is 40.1. The Kier molecular flexibility index (Phi) is 19.0. The predicted molar refractivity (Wildman–Crippen MR) is 284 cm³/mol. The summed E-state index contributed by atoms with van der Waals surface area (Å²) in [5.41, 5.74) is 0.665. The van der Waals surface area contributed by atoms with Gasteiger partial charge in [-0.15, -0.1) is 15.3 Å². The molecule has 0 heterocycles. The Morgan fingerprint density at radius 2 is 1.07 bits per heavy atom. The summed E-state index contributed by atoms with van der Waals surface area (Å²) >= 11 is 12.0. The molecule has 380 valence electrons. The molecule has 0 radical (unpaired) electrons. The number of hydrogen-bond acceptors (Lipinski definition) is 15. The number of benzene rings is 8. The van der Waals surface area contributed by atoms with Gasteiger partial charge in [0.25, 0.3) is 26.1 Å². The second-order valence-corrected chi connectivity index (χ2v) is 19.4. The number of hydrogen-bond donors (Lipinski definition) is 4. The molecule has 0 aliphatic rings. The molecule has 0 saturated heterocycles. The number of nitrogens with one attached hydrogen (secondary N) is 1. The van der Waals surface area contributed by atoms with Gasteiger partial charge in [-0.25, -0.2) is 0 Å². The fraction of sp³-hybridized carbons (Fsp3) is 0.115. The summed E-state index contributed by atoms with van der Waals surface area (Å²) in [6.45, 7) is 7.63. The van der Waals surface area contributed by atoms with Crippen LogP contribution in [0.1, 0.15) is 40.9 Å². The van der Waals surface area contributed by atoms with E-state index in [9.17, 15) is 46.1 Å². The number of phenols is 1. The molecule has 4 N–H and O–H groups in total. The number of anilines is 1. The van der Waals surface area contributed by atoms with E-state index >= 15 is 0 Å². The molecule has 0 spiro atoms. The summed E-state index contributed by atoms with van der Waals surface area (Å²) in [6.07, 6.45) is 0. The monoisotopic (exact) mass is 1120 g/mol. The van der Waals surface area contributed by atoms with Gasteiger partial charge in [0.05, 0.1) is 30.2 Å². The van der Waals surface area contributed by atoms with Crippen molar-refractivity contribution in [2.75, 3.05) is 18.5 Å². The average molecular weight is 1120 g/mol. The second kappa shape index (κ2) is 24.7. The van der Waals surface area contributed by atoms with Crippen LogP contribution in [0.4, 0.5) is 34.1 Å². The average Bonchev–Trinajstić information content (AvgIpc) is 3.35. The Balaban J connectivity index is 0.000000241. The van der Waals surface area contributed by atoms with Crippen molar-refractivity contribution in [1.29, 1.82) is 0 Å². The second-order valence-electron chi connectivity index (χ2n) is 15.9. The zero-order valence-corrected chi connectivity index (χ0v) is 45.5. The van der Waals surface area contributed by atoms with E-state index in [-0.39, 0.29) is 87.3 Å². The minimum Gasteiger partial charge on any atom is -0.871 e. The van der Waals surface area contributed by atoms with Crippen molar-refractivity contribution in [3.05, 3.63) is 166 Å². The molecule has 0 saturated carbocycles. The van der Waals surface area contributed by atoms with Crippen LogP contribution in [0, 0.1) is 13.8 Å². The molecule has 0 aliphatic heterocycles. The molecule has 8 aromatic carbocycles. The molecule has 0 aromatic heterocycles. The van der Waals surface area contributed by atoms with Crippen LogP contribution in [0.2, 0.25) is 10.0 Å². The molecule has 18 nitrogen and oxygen atoms in total. The molecule has 0 fully saturated rings. The number of aromatic hydroxyl groups is 1. The Morgan fingerprint density at radius 3 is 1.61 bits per heavy atom. The topological polar surface area (TPSA) is 284 Å². The van der Waals surface area contributed by atoms with Gasteiger partial charge in [-0.2, -0.15) is 21.9 Å². The van der Waals surface area contributed by atoms with E-state index < -0.39 is 53.3 Å². The van der Waals surface area contributed by atoms with Gasteiger partial charge in [0, 0.05) is 20.8 Å². The van der Waals surface area contributed by atoms with Crippen LogP contribution in [0.15, 0.2) is 169 Å². The maximum atomic E-state index is 13.4. The van der Waals surface area contributed by atoms with Gasteiger partial charge in [-0.05, 0) is 122 Å². The fourth-order valence-corrected chi connectivity index (χ4v) is 8.99. The van der Waals surface area contributed by atoms with Crippen molar-refractivity contribution in [2.24, 2.45) is 25.4 Å². The largest absolute Gasteiger partial charge is 2.00 e. The Labute approximate surface area is 470 Å². The molecule has 1 amide bonds. The number of ether oxygens (including phenoxy) is 2.